The van der Waals surface area contributed by atoms with E-state index >= 15 is 0 Å². The van der Waals surface area contributed by atoms with Gasteiger partial charge in [0.2, 0.25) is 0 Å². The summed E-state index contributed by atoms with van der Waals surface area (Å²) >= 11 is 0. The van der Waals surface area contributed by atoms with Gasteiger partial charge in [0.25, 0.3) is 5.91 Å². The van der Waals surface area contributed by atoms with Gasteiger partial charge in [0, 0.05) is 36.3 Å². The van der Waals surface area contributed by atoms with Gasteiger partial charge in [-0.2, -0.15) is 0 Å². The largest absolute Gasteiger partial charge is 0.493 e. The molecule has 0 unspecified atom stereocenters. The molecule has 1 amide bonds. The lowest BCUT2D eigenvalue weighted by Gasteiger charge is -2.27. The van der Waals surface area contributed by atoms with Crippen molar-refractivity contribution in [1.82, 2.24) is 5.32 Å². The molecule has 3 aromatic carbocycles. The molecule has 1 aliphatic rings. The summed E-state index contributed by atoms with van der Waals surface area (Å²) in [5, 5.41) is 6.53. The molecule has 0 radical (unpaired) electrons. The number of benzene rings is 3. The zero-order chi connectivity index (χ0) is 27.0. The van der Waals surface area contributed by atoms with Gasteiger partial charge in [0.05, 0.1) is 20.8 Å². The monoisotopic (exact) mass is 514 g/mol. The molecule has 0 fully saturated rings. The lowest BCUT2D eigenvalue weighted by atomic mass is 9.95. The Balaban J connectivity index is 1.45. The van der Waals surface area contributed by atoms with E-state index in [1.54, 1.807) is 18.2 Å². The van der Waals surface area contributed by atoms with Gasteiger partial charge in [-0.25, -0.2) is 4.79 Å². The first-order valence-electron chi connectivity index (χ1n) is 12.4. The van der Waals surface area contributed by atoms with Gasteiger partial charge in [-0.1, -0.05) is 53.6 Å². The third-order valence-corrected chi connectivity index (χ3v) is 6.66. The minimum Gasteiger partial charge on any atom is -0.493 e. The van der Waals surface area contributed by atoms with Crippen LogP contribution in [-0.2, 0) is 35.2 Å². The molecule has 9 nitrogen and oxygen atoms in total. The molecule has 0 atom stereocenters. The van der Waals surface area contributed by atoms with E-state index in [1.807, 2.05) is 42.5 Å². The van der Waals surface area contributed by atoms with Gasteiger partial charge in [-0.05, 0) is 52.4 Å². The summed E-state index contributed by atoms with van der Waals surface area (Å²) in [5.74, 6) is 0.0548. The Morgan fingerprint density at radius 2 is 1.66 bits per heavy atom. The summed E-state index contributed by atoms with van der Waals surface area (Å²) in [5.41, 5.74) is 11.8. The van der Waals surface area contributed by atoms with Crippen LogP contribution in [0.5, 0.6) is 11.5 Å². The van der Waals surface area contributed by atoms with Gasteiger partial charge in [0.1, 0.15) is 5.54 Å². The predicted octanol–water partition coefficient (Wildman–Crippen LogP) is 4.61. The molecule has 1 aliphatic carbocycles. The highest BCUT2D eigenvalue weighted by atomic mass is 16.5. The van der Waals surface area contributed by atoms with Crippen LogP contribution in [-0.4, -0.2) is 44.8 Å². The van der Waals surface area contributed by atoms with E-state index in [0.29, 0.717) is 55.9 Å². The van der Waals surface area contributed by atoms with Crippen molar-refractivity contribution in [2.75, 3.05) is 27.4 Å². The van der Waals surface area contributed by atoms with Crippen molar-refractivity contribution in [2.45, 2.75) is 31.2 Å². The number of esters is 1. The molecule has 0 aliphatic heterocycles. The molecule has 0 saturated carbocycles. The fourth-order valence-electron chi connectivity index (χ4n) is 4.76. The molecule has 0 aromatic heterocycles. The van der Waals surface area contributed by atoms with Crippen molar-refractivity contribution in [3.8, 4) is 11.5 Å². The van der Waals surface area contributed by atoms with Crippen molar-refractivity contribution in [3.63, 3.8) is 0 Å². The van der Waals surface area contributed by atoms with E-state index in [4.69, 9.17) is 19.7 Å². The molecule has 0 heterocycles. The quantitative estimate of drug-likeness (QED) is 0.173. The Morgan fingerprint density at radius 1 is 0.947 bits per heavy atom. The molecule has 1 N–H and O–H groups in total. The molecule has 38 heavy (non-hydrogen) atoms. The molecule has 0 bridgehead atoms. The first-order valence-corrected chi connectivity index (χ1v) is 12.4. The van der Waals surface area contributed by atoms with E-state index < -0.39 is 17.4 Å². The number of hydrogen-bond donors (Lipinski definition) is 1. The summed E-state index contributed by atoms with van der Waals surface area (Å²) in [6.07, 6.45) is 2.03. The minimum atomic E-state index is -1.17. The normalized spacial score (nSPS) is 13.1. The van der Waals surface area contributed by atoms with E-state index in [1.165, 1.54) is 14.2 Å². The van der Waals surface area contributed by atoms with E-state index in [9.17, 15) is 9.59 Å². The van der Waals surface area contributed by atoms with Gasteiger partial charge in [-0.3, -0.25) is 4.79 Å². The molecule has 0 spiro atoms. The molecular weight excluding hydrogens is 484 g/mol. The second kappa shape index (κ2) is 12.2. The number of amides is 1. The number of azide groups is 1. The number of nitrogens with one attached hydrogen (secondary N) is 1. The molecule has 4 rings (SSSR count). The first kappa shape index (κ1) is 26.6. The van der Waals surface area contributed by atoms with Crippen molar-refractivity contribution >= 4 is 11.9 Å². The lowest BCUT2D eigenvalue weighted by molar-refractivity contribution is -0.147. The Kier molecular flexibility index (Phi) is 8.51. The highest BCUT2D eigenvalue weighted by Gasteiger charge is 2.46. The zero-order valence-corrected chi connectivity index (χ0v) is 21.5. The lowest BCUT2D eigenvalue weighted by Crippen LogP contribution is -2.56. The molecule has 3 aromatic rings. The maximum absolute atomic E-state index is 13.3. The standard InChI is InChI=1S/C29H30N4O5/c1-36-25-11-10-22(17-26(25)38-15-13-21-7-5-6-20(16-21)12-14-31-33-30)27(34)32-29(28(35)37-2)18-23-8-3-4-9-24(23)19-29/h3-11,16-17H,12-15,18-19H2,1-2H3,(H,32,34). The average molecular weight is 515 g/mol. The average Bonchev–Trinajstić information content (AvgIpc) is 3.32. The van der Waals surface area contributed by atoms with Crippen LogP contribution in [0.3, 0.4) is 0 Å². The van der Waals surface area contributed by atoms with Crippen LogP contribution in [0.4, 0.5) is 0 Å². The van der Waals surface area contributed by atoms with Crippen LogP contribution in [0, 0.1) is 0 Å². The highest BCUT2D eigenvalue weighted by Crippen LogP contribution is 2.33. The smallest absolute Gasteiger partial charge is 0.332 e. The molecule has 196 valence electrons. The van der Waals surface area contributed by atoms with Gasteiger partial charge >= 0.3 is 5.97 Å². The van der Waals surface area contributed by atoms with Crippen molar-refractivity contribution in [1.29, 1.82) is 0 Å². The number of hydrogen-bond acceptors (Lipinski definition) is 6. The van der Waals surface area contributed by atoms with Gasteiger partial charge in [0.15, 0.2) is 11.5 Å². The SMILES string of the molecule is COC(=O)C1(NC(=O)c2ccc(OC)c(OCCc3cccc(CCN=[N+]=[N-])c3)c2)Cc2ccccc2C1. The number of nitrogens with zero attached hydrogens (tertiary/aromatic N) is 3. The molecule has 0 saturated heterocycles. The second-order valence-electron chi connectivity index (χ2n) is 9.14. The number of rotatable bonds is 11. The second-order valence-corrected chi connectivity index (χ2v) is 9.14. The number of ether oxygens (including phenoxy) is 3. The number of methoxy groups -OCH3 is 2. The summed E-state index contributed by atoms with van der Waals surface area (Å²) < 4.78 is 16.5. The van der Waals surface area contributed by atoms with Crippen molar-refractivity contribution in [3.05, 3.63) is 105 Å². The Bertz CT molecular complexity index is 1340. The van der Waals surface area contributed by atoms with Crippen molar-refractivity contribution in [2.24, 2.45) is 5.11 Å². The Hall–Kier alpha value is -4.49. The topological polar surface area (TPSA) is 123 Å². The summed E-state index contributed by atoms with van der Waals surface area (Å²) in [6, 6.07) is 20.7. The molecule has 9 heteroatoms. The Labute approximate surface area is 221 Å². The maximum atomic E-state index is 13.3. The summed E-state index contributed by atoms with van der Waals surface area (Å²) in [7, 11) is 2.87. The highest BCUT2D eigenvalue weighted by molar-refractivity contribution is 5.99. The molecular formula is C29H30N4O5. The predicted molar refractivity (Wildman–Crippen MR) is 142 cm³/mol. The van der Waals surface area contributed by atoms with Crippen LogP contribution < -0.4 is 14.8 Å². The Morgan fingerprint density at radius 3 is 2.32 bits per heavy atom. The number of carbonyl (C=O) groups excluding carboxylic acids is 2. The fraction of sp³-hybridized carbons (Fsp3) is 0.310. The van der Waals surface area contributed by atoms with Crippen LogP contribution in [0.15, 0.2) is 71.8 Å². The maximum Gasteiger partial charge on any atom is 0.332 e. The van der Waals surface area contributed by atoms with E-state index in [2.05, 4.69) is 21.4 Å². The third-order valence-electron chi connectivity index (χ3n) is 6.66. The van der Waals surface area contributed by atoms with Crippen molar-refractivity contribution < 1.29 is 23.8 Å². The van der Waals surface area contributed by atoms with Crippen LogP contribution in [0.2, 0.25) is 0 Å². The third kappa shape index (κ3) is 6.07. The van der Waals surface area contributed by atoms with Crippen LogP contribution in [0.1, 0.15) is 32.6 Å². The summed E-state index contributed by atoms with van der Waals surface area (Å²) in [6.45, 7) is 0.772. The van der Waals surface area contributed by atoms with Crippen LogP contribution >= 0.6 is 0 Å². The number of fused-ring (bicyclic) bond motifs is 1. The van der Waals surface area contributed by atoms with Gasteiger partial charge < -0.3 is 19.5 Å². The van der Waals surface area contributed by atoms with Gasteiger partial charge in [-0.15, -0.1) is 0 Å². The zero-order valence-electron chi connectivity index (χ0n) is 21.5. The summed E-state index contributed by atoms with van der Waals surface area (Å²) in [4.78, 5) is 28.9. The first-order chi connectivity index (χ1) is 18.5. The van der Waals surface area contributed by atoms with Crippen LogP contribution in [0.25, 0.3) is 10.4 Å². The van der Waals surface area contributed by atoms with E-state index in [0.717, 1.165) is 22.3 Å². The number of carbonyl (C=O) groups is 2. The minimum absolute atomic E-state index is 0.347. The fourth-order valence-corrected chi connectivity index (χ4v) is 4.76. The van der Waals surface area contributed by atoms with E-state index in [-0.39, 0.29) is 0 Å².